The van der Waals surface area contributed by atoms with Crippen LogP contribution in [0, 0.1) is 0 Å². The lowest BCUT2D eigenvalue weighted by Gasteiger charge is -2.11. The molecule has 0 amide bonds. The topological polar surface area (TPSA) is 66.0 Å². The van der Waals surface area contributed by atoms with Gasteiger partial charge in [0.05, 0.1) is 22.9 Å². The van der Waals surface area contributed by atoms with Crippen LogP contribution in [0.1, 0.15) is 18.1 Å². The third-order valence-electron chi connectivity index (χ3n) is 3.74. The molecule has 0 N–H and O–H groups in total. The average Bonchev–Trinajstić information content (AvgIpc) is 3.41. The first kappa shape index (κ1) is 16.9. The number of benzene rings is 1. The third kappa shape index (κ3) is 3.38. The molecular weight excluding hydrogens is 368 g/mol. The van der Waals surface area contributed by atoms with E-state index in [1.165, 1.54) is 0 Å². The van der Waals surface area contributed by atoms with Gasteiger partial charge in [-0.15, -0.1) is 21.5 Å². The summed E-state index contributed by atoms with van der Waals surface area (Å²) >= 11 is 3.15. The molecule has 0 bridgehead atoms. The molecule has 1 atom stereocenters. The summed E-state index contributed by atoms with van der Waals surface area (Å²) in [5.74, 6) is 1.94. The molecule has 0 saturated heterocycles. The van der Waals surface area contributed by atoms with Crippen LogP contribution in [0.2, 0.25) is 0 Å². The van der Waals surface area contributed by atoms with E-state index in [1.54, 1.807) is 36.4 Å². The zero-order chi connectivity index (χ0) is 17.9. The minimum absolute atomic E-state index is 0.0250. The Morgan fingerprint density at radius 3 is 2.96 bits per heavy atom. The molecule has 1 unspecified atom stereocenters. The van der Waals surface area contributed by atoms with Crippen molar-refractivity contribution in [1.82, 2.24) is 19.7 Å². The molecule has 0 fully saturated rings. The minimum atomic E-state index is -0.0250. The Kier molecular flexibility index (Phi) is 4.77. The van der Waals surface area contributed by atoms with E-state index in [0.29, 0.717) is 11.8 Å². The molecule has 0 aliphatic heterocycles. The summed E-state index contributed by atoms with van der Waals surface area (Å²) in [6, 6.07) is 11.8. The SMILES string of the molecule is COc1cccc(-n2ccnc2SC(C)c2nnc(-c3cccs3)o2)c1. The number of thiophene rings is 1. The highest BCUT2D eigenvalue weighted by atomic mass is 32.2. The van der Waals surface area contributed by atoms with Gasteiger partial charge in [0.2, 0.25) is 5.89 Å². The van der Waals surface area contributed by atoms with E-state index in [4.69, 9.17) is 9.15 Å². The second-order valence-electron chi connectivity index (χ2n) is 5.46. The normalized spacial score (nSPS) is 12.2. The summed E-state index contributed by atoms with van der Waals surface area (Å²) in [4.78, 5) is 5.44. The number of aromatic nitrogens is 4. The molecule has 8 heteroatoms. The van der Waals surface area contributed by atoms with E-state index in [1.807, 2.05) is 59.5 Å². The predicted octanol–water partition coefficient (Wildman–Crippen LogP) is 4.85. The fraction of sp³-hybridized carbons (Fsp3) is 0.167. The zero-order valence-electron chi connectivity index (χ0n) is 14.2. The first-order valence-corrected chi connectivity index (χ1v) is 9.72. The average molecular weight is 384 g/mol. The lowest BCUT2D eigenvalue weighted by atomic mass is 10.3. The molecule has 0 spiro atoms. The van der Waals surface area contributed by atoms with Gasteiger partial charge in [0.15, 0.2) is 5.16 Å². The van der Waals surface area contributed by atoms with Crippen molar-refractivity contribution in [2.24, 2.45) is 0 Å². The summed E-state index contributed by atoms with van der Waals surface area (Å²) in [6.07, 6.45) is 3.70. The fourth-order valence-corrected chi connectivity index (χ4v) is 4.00. The first-order chi connectivity index (χ1) is 12.7. The first-order valence-electron chi connectivity index (χ1n) is 7.96. The quantitative estimate of drug-likeness (QED) is 0.443. The summed E-state index contributed by atoms with van der Waals surface area (Å²) < 4.78 is 13.2. The lowest BCUT2D eigenvalue weighted by Crippen LogP contribution is -1.98. The van der Waals surface area contributed by atoms with E-state index in [0.717, 1.165) is 21.5 Å². The molecule has 1 aromatic carbocycles. The van der Waals surface area contributed by atoms with Crippen LogP contribution in [0.3, 0.4) is 0 Å². The number of thioether (sulfide) groups is 1. The molecule has 132 valence electrons. The van der Waals surface area contributed by atoms with Crippen molar-refractivity contribution in [2.45, 2.75) is 17.3 Å². The molecule has 0 aliphatic carbocycles. The van der Waals surface area contributed by atoms with Gasteiger partial charge in [-0.2, -0.15) is 0 Å². The maximum absolute atomic E-state index is 5.83. The van der Waals surface area contributed by atoms with Gasteiger partial charge in [-0.3, -0.25) is 4.57 Å². The number of methoxy groups -OCH3 is 1. The van der Waals surface area contributed by atoms with E-state index >= 15 is 0 Å². The van der Waals surface area contributed by atoms with Crippen molar-refractivity contribution in [3.8, 4) is 22.2 Å². The van der Waals surface area contributed by atoms with Crippen LogP contribution in [-0.4, -0.2) is 26.9 Å². The van der Waals surface area contributed by atoms with Crippen molar-refractivity contribution in [2.75, 3.05) is 7.11 Å². The monoisotopic (exact) mass is 384 g/mol. The van der Waals surface area contributed by atoms with E-state index in [-0.39, 0.29) is 5.25 Å². The molecule has 0 saturated carbocycles. The molecular formula is C18H16N4O2S2. The smallest absolute Gasteiger partial charge is 0.257 e. The van der Waals surface area contributed by atoms with Gasteiger partial charge < -0.3 is 9.15 Å². The zero-order valence-corrected chi connectivity index (χ0v) is 15.8. The van der Waals surface area contributed by atoms with Crippen molar-refractivity contribution in [1.29, 1.82) is 0 Å². The Labute approximate surface area is 158 Å². The third-order valence-corrected chi connectivity index (χ3v) is 5.67. The highest BCUT2D eigenvalue weighted by molar-refractivity contribution is 7.99. The molecule has 3 heterocycles. The summed E-state index contributed by atoms with van der Waals surface area (Å²) in [7, 11) is 1.66. The molecule has 3 aromatic heterocycles. The molecule has 0 aliphatic rings. The van der Waals surface area contributed by atoms with Crippen molar-refractivity contribution >= 4 is 23.1 Å². The van der Waals surface area contributed by atoms with Crippen LogP contribution < -0.4 is 4.74 Å². The molecule has 4 aromatic rings. The second kappa shape index (κ2) is 7.35. The summed E-state index contributed by atoms with van der Waals surface area (Å²) in [6.45, 7) is 2.03. The minimum Gasteiger partial charge on any atom is -0.497 e. The molecule has 4 rings (SSSR count). The van der Waals surface area contributed by atoms with Crippen LogP contribution in [0.4, 0.5) is 0 Å². The van der Waals surface area contributed by atoms with E-state index < -0.39 is 0 Å². The largest absolute Gasteiger partial charge is 0.497 e. The van der Waals surface area contributed by atoms with E-state index in [9.17, 15) is 0 Å². The number of rotatable bonds is 6. The Balaban J connectivity index is 1.55. The van der Waals surface area contributed by atoms with Gasteiger partial charge >= 0.3 is 0 Å². The molecule has 26 heavy (non-hydrogen) atoms. The number of imidazole rings is 1. The van der Waals surface area contributed by atoms with Gasteiger partial charge in [0.25, 0.3) is 5.89 Å². The Hall–Kier alpha value is -2.58. The Morgan fingerprint density at radius 2 is 2.15 bits per heavy atom. The predicted molar refractivity (Wildman–Crippen MR) is 102 cm³/mol. The van der Waals surface area contributed by atoms with Gasteiger partial charge in [-0.05, 0) is 30.5 Å². The van der Waals surface area contributed by atoms with Gasteiger partial charge in [0.1, 0.15) is 5.75 Å². The highest BCUT2D eigenvalue weighted by Gasteiger charge is 2.19. The Morgan fingerprint density at radius 1 is 1.23 bits per heavy atom. The number of ether oxygens (including phenoxy) is 1. The van der Waals surface area contributed by atoms with Crippen LogP contribution >= 0.6 is 23.1 Å². The number of hydrogen-bond acceptors (Lipinski definition) is 7. The maximum atomic E-state index is 5.83. The van der Waals surface area contributed by atoms with Gasteiger partial charge in [-0.1, -0.05) is 23.9 Å². The standard InChI is InChI=1S/C18H16N4O2S2/c1-12(16-20-21-17(24-16)15-7-4-10-25-15)26-18-19-8-9-22(18)13-5-3-6-14(11-13)23-2/h3-12H,1-2H3. The highest BCUT2D eigenvalue weighted by Crippen LogP contribution is 2.36. The molecule has 0 radical (unpaired) electrons. The van der Waals surface area contributed by atoms with Crippen LogP contribution in [-0.2, 0) is 0 Å². The summed E-state index contributed by atoms with van der Waals surface area (Å²) in [5.41, 5.74) is 0.987. The maximum Gasteiger partial charge on any atom is 0.257 e. The fourth-order valence-electron chi connectivity index (χ4n) is 2.44. The molecule has 6 nitrogen and oxygen atoms in total. The van der Waals surface area contributed by atoms with Crippen LogP contribution in [0.15, 0.2) is 63.7 Å². The number of nitrogens with zero attached hydrogens (tertiary/aromatic N) is 4. The van der Waals surface area contributed by atoms with E-state index in [2.05, 4.69) is 15.2 Å². The Bertz CT molecular complexity index is 994. The lowest BCUT2D eigenvalue weighted by molar-refractivity contribution is 0.414. The van der Waals surface area contributed by atoms with Crippen molar-refractivity contribution < 1.29 is 9.15 Å². The van der Waals surface area contributed by atoms with Crippen LogP contribution in [0.5, 0.6) is 5.75 Å². The van der Waals surface area contributed by atoms with Crippen molar-refractivity contribution in [3.05, 3.63) is 60.1 Å². The van der Waals surface area contributed by atoms with Gasteiger partial charge in [-0.25, -0.2) is 4.98 Å². The second-order valence-corrected chi connectivity index (χ2v) is 7.72. The van der Waals surface area contributed by atoms with Gasteiger partial charge in [0, 0.05) is 18.5 Å². The van der Waals surface area contributed by atoms with Crippen molar-refractivity contribution in [3.63, 3.8) is 0 Å². The van der Waals surface area contributed by atoms with Crippen LogP contribution in [0.25, 0.3) is 16.5 Å². The number of hydrogen-bond donors (Lipinski definition) is 0. The summed E-state index contributed by atoms with van der Waals surface area (Å²) in [5, 5.41) is 11.2.